The lowest BCUT2D eigenvalue weighted by molar-refractivity contribution is 0.527. The van der Waals surface area contributed by atoms with Crippen LogP contribution >= 0.6 is 11.8 Å². The van der Waals surface area contributed by atoms with Crippen LogP contribution in [0.3, 0.4) is 0 Å². The molecule has 0 saturated carbocycles. The lowest BCUT2D eigenvalue weighted by Crippen LogP contribution is -2.34. The van der Waals surface area contributed by atoms with Crippen molar-refractivity contribution in [3.63, 3.8) is 0 Å². The summed E-state index contributed by atoms with van der Waals surface area (Å²) in [4.78, 5) is 6.60. The Morgan fingerprint density at radius 1 is 1.39 bits per heavy atom. The first-order valence-corrected chi connectivity index (χ1v) is 6.72. The molecule has 2 heterocycles. The Bertz CT molecular complexity index is 570. The number of fused-ring (bicyclic) bond motifs is 1. The Morgan fingerprint density at radius 2 is 2.17 bits per heavy atom. The number of aliphatic imine (C=N–C) groups is 1. The molecule has 0 bridgehead atoms. The minimum atomic E-state index is -0.256. The fourth-order valence-corrected chi connectivity index (χ4v) is 3.17. The van der Waals surface area contributed by atoms with Crippen molar-refractivity contribution in [2.24, 2.45) is 10.7 Å². The van der Waals surface area contributed by atoms with Crippen LogP contribution in [-0.2, 0) is 0 Å². The van der Waals surface area contributed by atoms with E-state index in [1.165, 1.54) is 0 Å². The Balaban J connectivity index is 2.09. The molecule has 0 amide bonds. The van der Waals surface area contributed by atoms with Crippen molar-refractivity contribution in [2.75, 3.05) is 12.3 Å². The summed E-state index contributed by atoms with van der Waals surface area (Å²) in [5.41, 5.74) is 7.65. The maximum atomic E-state index is 9.32. The molecule has 0 radical (unpaired) electrons. The second-order valence-electron chi connectivity index (χ2n) is 4.14. The van der Waals surface area contributed by atoms with Gasteiger partial charge >= 0.3 is 0 Å². The first kappa shape index (κ1) is 11.2. The highest BCUT2D eigenvalue weighted by atomic mass is 32.2. The van der Waals surface area contributed by atoms with E-state index in [0.29, 0.717) is 11.4 Å². The van der Waals surface area contributed by atoms with Crippen molar-refractivity contribution in [3.05, 3.63) is 47.3 Å². The second-order valence-corrected chi connectivity index (χ2v) is 5.20. The van der Waals surface area contributed by atoms with E-state index in [1.807, 2.05) is 35.2 Å². The topological polar surface area (TPSA) is 65.4 Å². The highest BCUT2D eigenvalue weighted by Crippen LogP contribution is 2.36. The van der Waals surface area contributed by atoms with Gasteiger partial charge in [-0.1, -0.05) is 42.1 Å². The highest BCUT2D eigenvalue weighted by molar-refractivity contribution is 8.14. The van der Waals surface area contributed by atoms with Crippen LogP contribution in [-0.4, -0.2) is 22.4 Å². The molecule has 1 fully saturated rings. The van der Waals surface area contributed by atoms with Crippen LogP contribution in [0.25, 0.3) is 0 Å². The average Bonchev–Trinajstić information content (AvgIpc) is 2.88. The number of benzene rings is 1. The fraction of sp³-hybridized carbons (Fsp3) is 0.231. The third-order valence-corrected chi connectivity index (χ3v) is 4.06. The lowest BCUT2D eigenvalue weighted by atomic mass is 9.99. The number of thioether (sulfide) groups is 1. The van der Waals surface area contributed by atoms with Gasteiger partial charge in [0, 0.05) is 12.3 Å². The van der Waals surface area contributed by atoms with E-state index < -0.39 is 0 Å². The van der Waals surface area contributed by atoms with Gasteiger partial charge in [-0.05, 0) is 5.56 Å². The normalized spacial score (nSPS) is 22.5. The molecular formula is C13H12N4S. The highest BCUT2D eigenvalue weighted by Gasteiger charge is 2.32. The molecule has 18 heavy (non-hydrogen) atoms. The Hall–Kier alpha value is -1.93. The molecule has 90 valence electrons. The van der Waals surface area contributed by atoms with Gasteiger partial charge < -0.3 is 10.6 Å². The maximum absolute atomic E-state index is 9.32. The van der Waals surface area contributed by atoms with Crippen LogP contribution in [0.15, 0.2) is 46.7 Å². The van der Waals surface area contributed by atoms with E-state index in [0.717, 1.165) is 23.0 Å². The largest absolute Gasteiger partial charge is 0.384 e. The Labute approximate surface area is 110 Å². The standard InChI is InChI=1S/C13H12N4S/c14-8-10-11(9-4-2-1-3-5-9)16-13-17(12(10)15)6-7-18-13/h1-5,11H,6-7,15H2. The number of nitriles is 1. The summed E-state index contributed by atoms with van der Waals surface area (Å²) in [7, 11) is 0. The molecule has 2 N–H and O–H groups in total. The van der Waals surface area contributed by atoms with Crippen LogP contribution in [0.2, 0.25) is 0 Å². The number of nitrogens with two attached hydrogens (primary N) is 1. The summed E-state index contributed by atoms with van der Waals surface area (Å²) in [6, 6.07) is 11.8. The van der Waals surface area contributed by atoms with Crippen molar-refractivity contribution in [1.82, 2.24) is 4.90 Å². The van der Waals surface area contributed by atoms with Gasteiger partial charge in [-0.25, -0.2) is 4.99 Å². The molecule has 0 aromatic heterocycles. The number of nitrogens with zero attached hydrogens (tertiary/aromatic N) is 3. The lowest BCUT2D eigenvalue weighted by Gasteiger charge is -2.27. The predicted octanol–water partition coefficient (Wildman–Crippen LogP) is 1.84. The van der Waals surface area contributed by atoms with Crippen LogP contribution in [0.5, 0.6) is 0 Å². The van der Waals surface area contributed by atoms with Crippen LogP contribution in [0, 0.1) is 11.3 Å². The third-order valence-electron chi connectivity index (χ3n) is 3.09. The summed E-state index contributed by atoms with van der Waals surface area (Å²) in [5.74, 6) is 1.53. The van der Waals surface area contributed by atoms with Crippen LogP contribution in [0.1, 0.15) is 11.6 Å². The SMILES string of the molecule is N#CC1=C(N)N2CCSC2=NC1c1ccccc1. The summed E-state index contributed by atoms with van der Waals surface area (Å²) < 4.78 is 0. The zero-order valence-corrected chi connectivity index (χ0v) is 10.5. The summed E-state index contributed by atoms with van der Waals surface area (Å²) in [5, 5.41) is 10.3. The van der Waals surface area contributed by atoms with Crippen LogP contribution < -0.4 is 5.73 Å². The van der Waals surface area contributed by atoms with Crippen LogP contribution in [0.4, 0.5) is 0 Å². The molecule has 4 nitrogen and oxygen atoms in total. The molecule has 3 rings (SSSR count). The van der Waals surface area contributed by atoms with Gasteiger partial charge in [-0.15, -0.1) is 0 Å². The number of hydrogen-bond donors (Lipinski definition) is 1. The number of rotatable bonds is 1. The van der Waals surface area contributed by atoms with Gasteiger partial charge in [-0.3, -0.25) is 0 Å². The monoisotopic (exact) mass is 256 g/mol. The van der Waals surface area contributed by atoms with Crippen molar-refractivity contribution < 1.29 is 0 Å². The Kier molecular flexibility index (Phi) is 2.73. The molecule has 1 unspecified atom stereocenters. The fourth-order valence-electron chi connectivity index (χ4n) is 2.19. The smallest absolute Gasteiger partial charge is 0.165 e. The van der Waals surface area contributed by atoms with E-state index in [1.54, 1.807) is 11.8 Å². The third kappa shape index (κ3) is 1.66. The second kappa shape index (κ2) is 4.39. The van der Waals surface area contributed by atoms with Gasteiger partial charge in [0.15, 0.2) is 5.17 Å². The van der Waals surface area contributed by atoms with Gasteiger partial charge in [0.1, 0.15) is 17.9 Å². The Morgan fingerprint density at radius 3 is 2.89 bits per heavy atom. The van der Waals surface area contributed by atoms with Crippen molar-refractivity contribution in [3.8, 4) is 6.07 Å². The quantitative estimate of drug-likeness (QED) is 0.832. The molecule has 1 aromatic carbocycles. The zero-order valence-electron chi connectivity index (χ0n) is 9.71. The van der Waals surface area contributed by atoms with E-state index in [9.17, 15) is 5.26 Å². The minimum absolute atomic E-state index is 0.256. The van der Waals surface area contributed by atoms with E-state index >= 15 is 0 Å². The molecule has 2 aliphatic heterocycles. The summed E-state index contributed by atoms with van der Waals surface area (Å²) in [6.45, 7) is 0.835. The van der Waals surface area contributed by atoms with Gasteiger partial charge in [0.25, 0.3) is 0 Å². The predicted molar refractivity (Wildman–Crippen MR) is 72.6 cm³/mol. The molecule has 1 saturated heterocycles. The van der Waals surface area contributed by atoms with Crippen molar-refractivity contribution in [1.29, 1.82) is 5.26 Å². The average molecular weight is 256 g/mol. The number of hydrogen-bond acceptors (Lipinski definition) is 5. The first-order chi connectivity index (χ1) is 8.81. The molecule has 1 atom stereocenters. The molecule has 0 aliphatic carbocycles. The molecular weight excluding hydrogens is 244 g/mol. The van der Waals surface area contributed by atoms with E-state index in [2.05, 4.69) is 11.1 Å². The van der Waals surface area contributed by atoms with Gasteiger partial charge in [0.2, 0.25) is 0 Å². The van der Waals surface area contributed by atoms with Gasteiger partial charge in [0.05, 0.1) is 5.57 Å². The molecule has 2 aliphatic rings. The summed E-state index contributed by atoms with van der Waals surface area (Å²) in [6.07, 6.45) is 0. The van der Waals surface area contributed by atoms with E-state index in [4.69, 9.17) is 5.73 Å². The van der Waals surface area contributed by atoms with Crippen molar-refractivity contribution >= 4 is 16.9 Å². The van der Waals surface area contributed by atoms with Gasteiger partial charge in [-0.2, -0.15) is 5.26 Å². The zero-order chi connectivity index (χ0) is 12.5. The first-order valence-electron chi connectivity index (χ1n) is 5.74. The summed E-state index contributed by atoms with van der Waals surface area (Å²) >= 11 is 1.69. The molecule has 1 aromatic rings. The molecule has 5 heteroatoms. The maximum Gasteiger partial charge on any atom is 0.165 e. The molecule has 0 spiro atoms. The minimum Gasteiger partial charge on any atom is -0.384 e. The van der Waals surface area contributed by atoms with Crippen molar-refractivity contribution in [2.45, 2.75) is 6.04 Å². The van der Waals surface area contributed by atoms with E-state index in [-0.39, 0.29) is 6.04 Å². The number of amidine groups is 1.